The highest BCUT2D eigenvalue weighted by Gasteiger charge is 2.48. The molecule has 1 fully saturated rings. The van der Waals surface area contributed by atoms with E-state index in [4.69, 9.17) is 4.74 Å². The Kier molecular flexibility index (Phi) is 11.0. The third-order valence-electron chi connectivity index (χ3n) is 8.82. The van der Waals surface area contributed by atoms with Gasteiger partial charge in [0.25, 0.3) is 5.91 Å². The van der Waals surface area contributed by atoms with Gasteiger partial charge in [0.1, 0.15) is 24.2 Å². The van der Waals surface area contributed by atoms with E-state index in [1.54, 1.807) is 54.9 Å². The molecular weight excluding hydrogens is 642 g/mol. The normalized spacial score (nSPS) is 16.2. The summed E-state index contributed by atoms with van der Waals surface area (Å²) < 4.78 is 34.4. The number of benzene rings is 2. The van der Waals surface area contributed by atoms with Crippen LogP contribution in [0, 0.1) is 0 Å². The van der Waals surface area contributed by atoms with Crippen LogP contribution in [0.1, 0.15) is 48.2 Å². The number of hydrogen-bond donors (Lipinski definition) is 2. The minimum absolute atomic E-state index is 0. The summed E-state index contributed by atoms with van der Waals surface area (Å²) in [6.07, 6.45) is 5.82. The van der Waals surface area contributed by atoms with Crippen LogP contribution in [-0.2, 0) is 43.4 Å². The molecule has 0 aliphatic carbocycles. The highest BCUT2D eigenvalue weighted by Crippen LogP contribution is 2.47. The maximum atomic E-state index is 14.0. The number of carbonyl (C=O) groups is 3. The number of likely N-dealkylation sites (tertiary alicyclic amines) is 1. The lowest BCUT2D eigenvalue weighted by Gasteiger charge is -2.41. The molecule has 11 nitrogen and oxygen atoms in total. The summed E-state index contributed by atoms with van der Waals surface area (Å²) in [7, 11) is -1.66. The van der Waals surface area contributed by atoms with Crippen LogP contribution in [0.2, 0.25) is 0 Å². The van der Waals surface area contributed by atoms with Crippen LogP contribution in [0.15, 0.2) is 79.1 Å². The number of sulfonamides is 1. The van der Waals surface area contributed by atoms with E-state index in [0.29, 0.717) is 43.7 Å². The number of nitrogens with zero attached hydrogens (tertiary/aromatic N) is 3. The number of pyridine rings is 1. The molecule has 13 heteroatoms. The van der Waals surface area contributed by atoms with Crippen molar-refractivity contribution in [3.05, 3.63) is 95.8 Å². The molecule has 1 unspecified atom stereocenters. The second-order valence-electron chi connectivity index (χ2n) is 12.8. The van der Waals surface area contributed by atoms with Crippen molar-refractivity contribution in [3.8, 4) is 0 Å². The average Bonchev–Trinajstić information content (AvgIpc) is 3.35. The molecule has 1 atom stereocenters. The van der Waals surface area contributed by atoms with E-state index >= 15 is 0 Å². The van der Waals surface area contributed by atoms with Gasteiger partial charge in [-0.2, -0.15) is 0 Å². The molecule has 0 bridgehead atoms. The van der Waals surface area contributed by atoms with Gasteiger partial charge in [-0.1, -0.05) is 48.5 Å². The van der Waals surface area contributed by atoms with Gasteiger partial charge in [-0.3, -0.25) is 18.7 Å². The van der Waals surface area contributed by atoms with Crippen molar-refractivity contribution in [2.24, 2.45) is 7.05 Å². The number of nitrogens with one attached hydrogen (secondary N) is 2. The minimum Gasteiger partial charge on any atom is -1.00 e. The lowest BCUT2D eigenvalue weighted by molar-refractivity contribution is -0.671. The van der Waals surface area contributed by atoms with E-state index in [1.165, 1.54) is 10.6 Å². The van der Waals surface area contributed by atoms with Gasteiger partial charge >= 0.3 is 0 Å². The smallest absolute Gasteiger partial charge is 0.258 e. The number of para-hydroxylation sites is 1. The van der Waals surface area contributed by atoms with Crippen LogP contribution in [0.4, 0.5) is 5.69 Å². The highest BCUT2D eigenvalue weighted by atomic mass is 35.5. The van der Waals surface area contributed by atoms with Crippen molar-refractivity contribution in [3.63, 3.8) is 0 Å². The molecular formula is C34H42ClN5O6S. The van der Waals surface area contributed by atoms with Crippen LogP contribution in [-0.4, -0.2) is 75.1 Å². The van der Waals surface area contributed by atoms with E-state index in [1.807, 2.05) is 54.6 Å². The first-order valence-corrected chi connectivity index (χ1v) is 17.2. The number of rotatable bonds is 10. The van der Waals surface area contributed by atoms with E-state index in [0.717, 1.165) is 11.1 Å². The highest BCUT2D eigenvalue weighted by molar-refractivity contribution is 7.92. The standard InChI is InChI=1S/C34H41N5O6S.ClH/c1-33(2,36-30(40)26-13-10-18-37(3)21-26)32(42)35-28(23-45-22-25-11-6-5-7-12-25)31(41)38-19-16-34(17-20-38)24-39(46(4,43)44)29-15-9-8-14-27(29)34;/h5-15,18,21,28H,16-17,19-20,22-24H2,1-4H3,(H-,35,36,40,42);1H. The predicted molar refractivity (Wildman–Crippen MR) is 173 cm³/mol. The summed E-state index contributed by atoms with van der Waals surface area (Å²) >= 11 is 0. The number of hydrogen-bond acceptors (Lipinski definition) is 6. The van der Waals surface area contributed by atoms with Crippen molar-refractivity contribution >= 4 is 33.4 Å². The fraction of sp³-hybridized carbons (Fsp3) is 0.412. The number of halogens is 1. The summed E-state index contributed by atoms with van der Waals surface area (Å²) in [6.45, 7) is 4.48. The van der Waals surface area contributed by atoms with E-state index < -0.39 is 38.8 Å². The Morgan fingerprint density at radius 3 is 2.32 bits per heavy atom. The summed E-state index contributed by atoms with van der Waals surface area (Å²) in [4.78, 5) is 42.2. The third-order valence-corrected chi connectivity index (χ3v) is 9.94. The van der Waals surface area contributed by atoms with Gasteiger partial charge in [-0.05, 0) is 49.9 Å². The molecule has 2 aromatic carbocycles. The summed E-state index contributed by atoms with van der Waals surface area (Å²) in [5, 5.41) is 5.63. The SMILES string of the molecule is C[n+]1cccc(C(=O)NC(C)(C)C(=O)NC(COCc2ccccc2)C(=O)N2CCC3(CC2)CN(S(C)(=O)=O)c2ccccc23)c1.[Cl-]. The van der Waals surface area contributed by atoms with Crippen molar-refractivity contribution < 1.29 is 44.5 Å². The molecule has 0 saturated carbocycles. The van der Waals surface area contributed by atoms with Crippen molar-refractivity contribution in [2.75, 3.05) is 36.8 Å². The summed E-state index contributed by atoms with van der Waals surface area (Å²) in [6, 6.07) is 19.5. The molecule has 5 rings (SSSR count). The zero-order valence-corrected chi connectivity index (χ0v) is 28.7. The molecule has 1 aromatic heterocycles. The van der Waals surface area contributed by atoms with Crippen LogP contribution < -0.4 is 31.9 Å². The molecule has 1 saturated heterocycles. The molecule has 3 aromatic rings. The molecule has 0 radical (unpaired) electrons. The molecule has 47 heavy (non-hydrogen) atoms. The lowest BCUT2D eigenvalue weighted by atomic mass is 9.74. The fourth-order valence-corrected chi connectivity index (χ4v) is 7.20. The maximum Gasteiger partial charge on any atom is 0.258 e. The monoisotopic (exact) mass is 683 g/mol. The number of fused-ring (bicyclic) bond motifs is 2. The van der Waals surface area contributed by atoms with Gasteiger partial charge in [-0.15, -0.1) is 0 Å². The average molecular weight is 684 g/mol. The van der Waals surface area contributed by atoms with Crippen LogP contribution >= 0.6 is 0 Å². The second-order valence-corrected chi connectivity index (χ2v) is 14.7. The quantitative estimate of drug-likeness (QED) is 0.266. The number of aromatic nitrogens is 1. The first-order chi connectivity index (χ1) is 21.8. The van der Waals surface area contributed by atoms with Gasteiger partial charge in [0.15, 0.2) is 12.4 Å². The Labute approximate surface area is 282 Å². The Morgan fingerprint density at radius 2 is 1.66 bits per heavy atom. The molecule has 3 amide bonds. The lowest BCUT2D eigenvalue weighted by Crippen LogP contribution is -3.00. The Hall–Kier alpha value is -4.00. The molecule has 252 valence electrons. The zero-order chi connectivity index (χ0) is 33.1. The van der Waals surface area contributed by atoms with Crippen LogP contribution in [0.25, 0.3) is 0 Å². The molecule has 2 N–H and O–H groups in total. The molecule has 3 heterocycles. The van der Waals surface area contributed by atoms with Gasteiger partial charge in [0.2, 0.25) is 21.8 Å². The van der Waals surface area contributed by atoms with E-state index in [2.05, 4.69) is 10.6 Å². The number of aryl methyl sites for hydroxylation is 1. The number of piperidine rings is 1. The van der Waals surface area contributed by atoms with Crippen LogP contribution in [0.5, 0.6) is 0 Å². The van der Waals surface area contributed by atoms with Crippen molar-refractivity contribution in [1.29, 1.82) is 0 Å². The molecule has 1 spiro atoms. The number of amides is 3. The predicted octanol–water partition coefficient (Wildman–Crippen LogP) is -0.935. The van der Waals surface area contributed by atoms with Crippen molar-refractivity contribution in [1.82, 2.24) is 15.5 Å². The Balaban J connectivity index is 0.00000500. The van der Waals surface area contributed by atoms with Crippen molar-refractivity contribution in [2.45, 2.75) is 50.3 Å². The van der Waals surface area contributed by atoms with Gasteiger partial charge in [0, 0.05) is 31.1 Å². The summed E-state index contributed by atoms with van der Waals surface area (Å²) in [5.41, 5.74) is 1.26. The Morgan fingerprint density at radius 1 is 1.00 bits per heavy atom. The largest absolute Gasteiger partial charge is 1.00 e. The minimum atomic E-state index is -3.47. The zero-order valence-electron chi connectivity index (χ0n) is 27.1. The topological polar surface area (TPSA) is 129 Å². The number of ether oxygens (including phenoxy) is 1. The molecule has 2 aliphatic heterocycles. The van der Waals surface area contributed by atoms with E-state index in [9.17, 15) is 22.8 Å². The van der Waals surface area contributed by atoms with Crippen LogP contribution in [0.3, 0.4) is 0 Å². The van der Waals surface area contributed by atoms with Gasteiger partial charge in [-0.25, -0.2) is 13.0 Å². The fourth-order valence-electron chi connectivity index (χ4n) is 6.20. The molecule has 2 aliphatic rings. The Bertz CT molecular complexity index is 1710. The van der Waals surface area contributed by atoms with Gasteiger partial charge < -0.3 is 32.7 Å². The first-order valence-electron chi connectivity index (χ1n) is 15.4. The maximum absolute atomic E-state index is 14.0. The van der Waals surface area contributed by atoms with Gasteiger partial charge in [0.05, 0.1) is 25.2 Å². The third kappa shape index (κ3) is 8.11. The number of anilines is 1. The number of carbonyl (C=O) groups excluding carboxylic acids is 3. The second kappa shape index (κ2) is 14.4. The summed E-state index contributed by atoms with van der Waals surface area (Å²) in [5.74, 6) is -1.23. The van der Waals surface area contributed by atoms with E-state index in [-0.39, 0.29) is 31.5 Å². The first kappa shape index (κ1) is 35.8.